The van der Waals surface area contributed by atoms with Gasteiger partial charge in [0.25, 0.3) is 0 Å². The summed E-state index contributed by atoms with van der Waals surface area (Å²) in [6, 6.07) is 1.19. The van der Waals surface area contributed by atoms with Gasteiger partial charge >= 0.3 is 0 Å². The summed E-state index contributed by atoms with van der Waals surface area (Å²) in [4.78, 5) is 3.58. The van der Waals surface area contributed by atoms with E-state index in [0.717, 1.165) is 0 Å². The number of aromatic nitrogens is 1. The maximum atomic E-state index is 12.3. The van der Waals surface area contributed by atoms with Gasteiger partial charge in [-0.05, 0) is 6.07 Å². The summed E-state index contributed by atoms with van der Waals surface area (Å²) < 4.78 is 12.3. The van der Waals surface area contributed by atoms with Crippen LogP contribution in [0, 0.1) is 12.0 Å². The van der Waals surface area contributed by atoms with E-state index in [1.807, 2.05) is 0 Å². The van der Waals surface area contributed by atoms with Gasteiger partial charge in [-0.3, -0.25) is 4.98 Å². The quantitative estimate of drug-likeness (QED) is 0.605. The van der Waals surface area contributed by atoms with E-state index in [-0.39, 0.29) is 4.99 Å². The molecule has 0 aliphatic rings. The van der Waals surface area contributed by atoms with Gasteiger partial charge in [0.2, 0.25) is 0 Å². The number of halogens is 1. The van der Waals surface area contributed by atoms with E-state index < -0.39 is 5.82 Å². The molecule has 0 saturated carbocycles. The highest BCUT2D eigenvalue weighted by Crippen LogP contribution is 1.98. The molecular formula is C6H4FN2S. The lowest BCUT2D eigenvalue weighted by Gasteiger charge is -1.93. The van der Waals surface area contributed by atoms with Crippen LogP contribution in [0.3, 0.4) is 0 Å². The molecule has 4 heteroatoms. The second-order valence-electron chi connectivity index (χ2n) is 1.68. The second kappa shape index (κ2) is 2.70. The van der Waals surface area contributed by atoms with Crippen LogP contribution in [0.4, 0.5) is 4.39 Å². The number of rotatable bonds is 1. The SMILES string of the molecule is NC(=S)c1cn[c]c(F)c1. The van der Waals surface area contributed by atoms with E-state index in [2.05, 4.69) is 23.4 Å². The van der Waals surface area contributed by atoms with E-state index in [0.29, 0.717) is 5.56 Å². The highest BCUT2D eigenvalue weighted by Gasteiger charge is 1.97. The average molecular weight is 155 g/mol. The van der Waals surface area contributed by atoms with Crippen molar-refractivity contribution < 1.29 is 4.39 Å². The molecule has 0 fully saturated rings. The van der Waals surface area contributed by atoms with Gasteiger partial charge in [-0.25, -0.2) is 4.39 Å². The van der Waals surface area contributed by atoms with Crippen LogP contribution >= 0.6 is 12.2 Å². The normalized spacial score (nSPS) is 9.30. The summed E-state index contributed by atoms with van der Waals surface area (Å²) in [5.41, 5.74) is 5.62. The molecule has 0 aliphatic carbocycles. The molecule has 0 saturated heterocycles. The first kappa shape index (κ1) is 7.08. The highest BCUT2D eigenvalue weighted by atomic mass is 32.1. The van der Waals surface area contributed by atoms with Gasteiger partial charge in [-0.1, -0.05) is 12.2 Å². The van der Waals surface area contributed by atoms with Gasteiger partial charge in [0.1, 0.15) is 11.2 Å². The smallest absolute Gasteiger partial charge is 0.151 e. The summed E-state index contributed by atoms with van der Waals surface area (Å²) in [5.74, 6) is -0.551. The van der Waals surface area contributed by atoms with E-state index in [1.165, 1.54) is 12.3 Å². The lowest BCUT2D eigenvalue weighted by Crippen LogP contribution is -2.09. The molecule has 0 bridgehead atoms. The summed E-state index contributed by atoms with van der Waals surface area (Å²) in [7, 11) is 0. The van der Waals surface area contributed by atoms with Crippen molar-refractivity contribution in [1.82, 2.24) is 4.98 Å². The predicted octanol–water partition coefficient (Wildman–Crippen LogP) is 0.655. The molecule has 10 heavy (non-hydrogen) atoms. The third-order valence-electron chi connectivity index (χ3n) is 0.942. The van der Waals surface area contributed by atoms with Crippen molar-refractivity contribution in [2.24, 2.45) is 5.73 Å². The Morgan fingerprint density at radius 3 is 2.90 bits per heavy atom. The van der Waals surface area contributed by atoms with E-state index in [4.69, 9.17) is 5.73 Å². The van der Waals surface area contributed by atoms with Crippen LogP contribution < -0.4 is 5.73 Å². The van der Waals surface area contributed by atoms with Gasteiger partial charge < -0.3 is 5.73 Å². The zero-order valence-electron chi connectivity index (χ0n) is 4.97. The zero-order valence-corrected chi connectivity index (χ0v) is 5.78. The maximum absolute atomic E-state index is 12.3. The maximum Gasteiger partial charge on any atom is 0.151 e. The third-order valence-corrected chi connectivity index (χ3v) is 1.18. The Bertz CT molecular complexity index is 262. The first-order valence-corrected chi connectivity index (χ1v) is 2.94. The van der Waals surface area contributed by atoms with Crippen LogP contribution in [-0.4, -0.2) is 9.97 Å². The van der Waals surface area contributed by atoms with Crippen LogP contribution in [-0.2, 0) is 0 Å². The van der Waals surface area contributed by atoms with Crippen LogP contribution in [0.5, 0.6) is 0 Å². The topological polar surface area (TPSA) is 38.9 Å². The van der Waals surface area contributed by atoms with Gasteiger partial charge in [0.15, 0.2) is 5.82 Å². The number of pyridine rings is 1. The Balaban J connectivity index is 3.07. The summed E-state index contributed by atoms with van der Waals surface area (Å²) in [5, 5.41) is 0. The standard InChI is InChI=1S/C6H4FN2S/c7-5-1-4(6(8)10)2-9-3-5/h1-2H,(H2,8,10). The van der Waals surface area contributed by atoms with Crippen molar-refractivity contribution in [3.8, 4) is 0 Å². The molecule has 1 aromatic rings. The van der Waals surface area contributed by atoms with Crippen molar-refractivity contribution in [2.45, 2.75) is 0 Å². The Kier molecular flexibility index (Phi) is 1.91. The Morgan fingerprint density at radius 2 is 2.50 bits per heavy atom. The largest absolute Gasteiger partial charge is 0.389 e. The van der Waals surface area contributed by atoms with Gasteiger partial charge in [0.05, 0.1) is 0 Å². The van der Waals surface area contributed by atoms with Crippen molar-refractivity contribution >= 4 is 17.2 Å². The van der Waals surface area contributed by atoms with Crippen LogP contribution in [0.1, 0.15) is 5.56 Å². The minimum Gasteiger partial charge on any atom is -0.389 e. The molecular weight excluding hydrogens is 151 g/mol. The Morgan fingerprint density at radius 1 is 1.80 bits per heavy atom. The lowest BCUT2D eigenvalue weighted by atomic mass is 10.3. The number of hydrogen-bond donors (Lipinski definition) is 1. The molecule has 0 atom stereocenters. The fourth-order valence-corrected chi connectivity index (χ4v) is 0.616. The number of nitrogens with two attached hydrogens (primary N) is 1. The first-order chi connectivity index (χ1) is 4.70. The molecule has 1 heterocycles. The molecule has 0 aromatic carbocycles. The molecule has 0 aliphatic heterocycles. The summed E-state index contributed by atoms with van der Waals surface area (Å²) in [6.45, 7) is 0. The van der Waals surface area contributed by atoms with Crippen LogP contribution in [0.15, 0.2) is 12.3 Å². The summed E-state index contributed by atoms with van der Waals surface area (Å²) >= 11 is 4.58. The van der Waals surface area contributed by atoms with Crippen molar-refractivity contribution in [3.63, 3.8) is 0 Å². The van der Waals surface area contributed by atoms with Crippen molar-refractivity contribution in [3.05, 3.63) is 29.8 Å². The monoisotopic (exact) mass is 155 g/mol. The fraction of sp³-hybridized carbons (Fsp3) is 0. The van der Waals surface area contributed by atoms with Gasteiger partial charge in [0, 0.05) is 11.8 Å². The lowest BCUT2D eigenvalue weighted by molar-refractivity contribution is 0.618. The average Bonchev–Trinajstić information content (AvgIpc) is 1.88. The molecule has 0 unspecified atom stereocenters. The van der Waals surface area contributed by atoms with E-state index in [1.54, 1.807) is 0 Å². The molecule has 1 rings (SSSR count). The first-order valence-electron chi connectivity index (χ1n) is 2.53. The zero-order chi connectivity index (χ0) is 7.56. The minimum atomic E-state index is -0.551. The molecule has 0 amide bonds. The molecule has 1 aromatic heterocycles. The van der Waals surface area contributed by atoms with E-state index >= 15 is 0 Å². The fourth-order valence-electron chi connectivity index (χ4n) is 0.504. The number of nitrogens with zero attached hydrogens (tertiary/aromatic N) is 1. The number of hydrogen-bond acceptors (Lipinski definition) is 2. The Hall–Kier alpha value is -1.03. The highest BCUT2D eigenvalue weighted by molar-refractivity contribution is 7.80. The summed E-state index contributed by atoms with van der Waals surface area (Å²) in [6.07, 6.45) is 3.46. The minimum absolute atomic E-state index is 0.139. The van der Waals surface area contributed by atoms with Crippen molar-refractivity contribution in [1.29, 1.82) is 0 Å². The van der Waals surface area contributed by atoms with E-state index in [9.17, 15) is 4.39 Å². The van der Waals surface area contributed by atoms with Crippen molar-refractivity contribution in [2.75, 3.05) is 0 Å². The van der Waals surface area contributed by atoms with Crippen LogP contribution in [0.2, 0.25) is 0 Å². The third kappa shape index (κ3) is 1.48. The molecule has 2 nitrogen and oxygen atoms in total. The molecule has 0 spiro atoms. The van der Waals surface area contributed by atoms with Gasteiger partial charge in [-0.15, -0.1) is 0 Å². The number of thiocarbonyl (C=S) groups is 1. The molecule has 2 N–H and O–H groups in total. The second-order valence-corrected chi connectivity index (χ2v) is 2.12. The molecule has 51 valence electrons. The van der Waals surface area contributed by atoms with Gasteiger partial charge in [-0.2, -0.15) is 0 Å². The molecule has 1 radical (unpaired) electrons. The Labute approximate surface area is 62.9 Å². The van der Waals surface area contributed by atoms with Crippen LogP contribution in [0.25, 0.3) is 0 Å². The predicted molar refractivity (Wildman–Crippen MR) is 38.9 cm³/mol.